The van der Waals surface area contributed by atoms with Crippen LogP contribution in [0.3, 0.4) is 0 Å². The third-order valence-corrected chi connectivity index (χ3v) is 5.56. The minimum absolute atomic E-state index is 0.0319. The van der Waals surface area contributed by atoms with Gasteiger partial charge in [-0.1, -0.05) is 6.07 Å². The Balaban J connectivity index is 1.52. The first-order valence-corrected chi connectivity index (χ1v) is 10.2. The molecule has 1 amide bonds. The Morgan fingerprint density at radius 1 is 1.09 bits per heavy atom. The van der Waals surface area contributed by atoms with Crippen LogP contribution in [0.2, 0.25) is 0 Å². The van der Waals surface area contributed by atoms with E-state index in [-0.39, 0.29) is 18.1 Å². The molecule has 32 heavy (non-hydrogen) atoms. The zero-order valence-corrected chi connectivity index (χ0v) is 17.0. The molecule has 1 unspecified atom stereocenters. The molecule has 9 nitrogen and oxygen atoms in total. The van der Waals surface area contributed by atoms with Gasteiger partial charge in [0.1, 0.15) is 5.76 Å². The van der Waals surface area contributed by atoms with E-state index in [1.165, 1.54) is 4.90 Å². The predicted octanol–water partition coefficient (Wildman–Crippen LogP) is 2.52. The molecule has 9 heteroatoms. The number of amides is 1. The molecule has 2 aliphatic heterocycles. The van der Waals surface area contributed by atoms with Gasteiger partial charge in [-0.05, 0) is 36.2 Å². The van der Waals surface area contributed by atoms with Crippen molar-refractivity contribution in [3.05, 3.63) is 78.1 Å². The van der Waals surface area contributed by atoms with Crippen molar-refractivity contribution in [2.24, 2.45) is 0 Å². The van der Waals surface area contributed by atoms with Crippen molar-refractivity contribution in [1.29, 1.82) is 0 Å². The van der Waals surface area contributed by atoms with E-state index >= 15 is 0 Å². The Hall–Kier alpha value is -4.14. The van der Waals surface area contributed by atoms with Gasteiger partial charge in [-0.15, -0.1) is 0 Å². The number of rotatable bonds is 6. The molecule has 4 heterocycles. The van der Waals surface area contributed by atoms with Crippen LogP contribution in [0.4, 0.5) is 0 Å². The fourth-order valence-electron chi connectivity index (χ4n) is 4.04. The summed E-state index contributed by atoms with van der Waals surface area (Å²) in [6.07, 6.45) is 9.06. The van der Waals surface area contributed by atoms with Crippen molar-refractivity contribution in [2.45, 2.75) is 19.0 Å². The summed E-state index contributed by atoms with van der Waals surface area (Å²) in [7, 11) is 0. The van der Waals surface area contributed by atoms with Gasteiger partial charge in [0.15, 0.2) is 11.5 Å². The smallest absolute Gasteiger partial charge is 0.295 e. The number of benzene rings is 1. The van der Waals surface area contributed by atoms with E-state index in [2.05, 4.69) is 9.97 Å². The second-order valence-electron chi connectivity index (χ2n) is 7.50. The van der Waals surface area contributed by atoms with Gasteiger partial charge >= 0.3 is 0 Å². The molecule has 3 aromatic rings. The number of likely N-dealkylation sites (tertiary alicyclic amines) is 1. The fraction of sp³-hybridized carbons (Fsp3) is 0.217. The highest BCUT2D eigenvalue weighted by atomic mass is 16.7. The first-order chi connectivity index (χ1) is 15.6. The number of fused-ring (bicyclic) bond motifs is 1. The molecule has 1 N–H and O–H groups in total. The van der Waals surface area contributed by atoms with E-state index in [0.717, 1.165) is 0 Å². The maximum Gasteiger partial charge on any atom is 0.295 e. The molecule has 1 fully saturated rings. The Morgan fingerprint density at radius 3 is 2.75 bits per heavy atom. The molecule has 0 aliphatic carbocycles. The largest absolute Gasteiger partial charge is 0.507 e. The molecule has 0 saturated carbocycles. The highest BCUT2D eigenvalue weighted by molar-refractivity contribution is 6.46. The van der Waals surface area contributed by atoms with Gasteiger partial charge in [0.05, 0.1) is 17.9 Å². The Kier molecular flexibility index (Phi) is 5.06. The van der Waals surface area contributed by atoms with Crippen LogP contribution < -0.4 is 9.47 Å². The highest BCUT2D eigenvalue weighted by Gasteiger charge is 2.46. The van der Waals surface area contributed by atoms with Crippen LogP contribution in [0, 0.1) is 0 Å². The first-order valence-electron chi connectivity index (χ1n) is 10.2. The zero-order chi connectivity index (χ0) is 22.1. The van der Waals surface area contributed by atoms with E-state index in [4.69, 9.17) is 9.47 Å². The number of carbonyl (C=O) groups is 2. The minimum Gasteiger partial charge on any atom is -0.507 e. The Morgan fingerprint density at radius 2 is 1.97 bits per heavy atom. The number of ketones is 1. The third-order valence-electron chi connectivity index (χ3n) is 5.56. The van der Waals surface area contributed by atoms with Crippen LogP contribution in [0.5, 0.6) is 11.5 Å². The van der Waals surface area contributed by atoms with E-state index in [9.17, 15) is 14.7 Å². The fourth-order valence-corrected chi connectivity index (χ4v) is 4.04. The number of aromatic nitrogens is 3. The van der Waals surface area contributed by atoms with E-state index in [1.54, 1.807) is 55.2 Å². The maximum atomic E-state index is 13.0. The number of imidazole rings is 1. The monoisotopic (exact) mass is 432 g/mol. The molecule has 1 aromatic carbocycles. The number of hydrogen-bond acceptors (Lipinski definition) is 7. The van der Waals surface area contributed by atoms with Crippen LogP contribution in [0.15, 0.2) is 67.0 Å². The number of aryl methyl sites for hydroxylation is 1. The molecule has 0 spiro atoms. The number of carbonyl (C=O) groups excluding carboxylic acids is 2. The van der Waals surface area contributed by atoms with Gasteiger partial charge in [-0.3, -0.25) is 14.6 Å². The first kappa shape index (κ1) is 19.8. The molecule has 1 atom stereocenters. The quantitative estimate of drug-likeness (QED) is 0.362. The standard InChI is InChI=1S/C23H20N4O5/c28-21(15-4-5-17-18(11-15)32-14-31-17)19-20(16-3-1-6-24-12-16)27(23(30)22(19)29)9-2-8-26-10-7-25-13-26/h1,3-7,10-13,20,28H,2,8-9,14H2/b21-19+. The van der Waals surface area contributed by atoms with Crippen molar-refractivity contribution in [3.63, 3.8) is 0 Å². The Labute approximate surface area is 183 Å². The summed E-state index contributed by atoms with van der Waals surface area (Å²) in [5.74, 6) is -0.595. The molecule has 162 valence electrons. The summed E-state index contributed by atoms with van der Waals surface area (Å²) < 4.78 is 12.6. The molecule has 0 bridgehead atoms. The van der Waals surface area contributed by atoms with Crippen LogP contribution in [0.25, 0.3) is 5.76 Å². The normalized spacial score (nSPS) is 19.0. The van der Waals surface area contributed by atoms with Crippen molar-refractivity contribution in [2.75, 3.05) is 13.3 Å². The molecular weight excluding hydrogens is 412 g/mol. The zero-order valence-electron chi connectivity index (χ0n) is 17.0. The lowest BCUT2D eigenvalue weighted by Crippen LogP contribution is -2.31. The van der Waals surface area contributed by atoms with Crippen LogP contribution in [-0.2, 0) is 16.1 Å². The van der Waals surface area contributed by atoms with E-state index < -0.39 is 17.7 Å². The van der Waals surface area contributed by atoms with E-state index in [0.29, 0.717) is 42.1 Å². The number of aliphatic hydroxyl groups is 1. The molecular formula is C23H20N4O5. The average Bonchev–Trinajstić information content (AvgIpc) is 3.55. The van der Waals surface area contributed by atoms with Crippen LogP contribution >= 0.6 is 0 Å². The average molecular weight is 432 g/mol. The molecule has 2 aromatic heterocycles. The van der Waals surface area contributed by atoms with Crippen molar-refractivity contribution in [3.8, 4) is 11.5 Å². The minimum atomic E-state index is -0.739. The van der Waals surface area contributed by atoms with Crippen molar-refractivity contribution < 1.29 is 24.2 Å². The van der Waals surface area contributed by atoms with Crippen molar-refractivity contribution >= 4 is 17.4 Å². The lowest BCUT2D eigenvalue weighted by atomic mass is 9.96. The predicted molar refractivity (Wildman–Crippen MR) is 113 cm³/mol. The van der Waals surface area contributed by atoms with E-state index in [1.807, 2.05) is 10.8 Å². The number of aliphatic hydroxyl groups excluding tert-OH is 1. The van der Waals surface area contributed by atoms with Gasteiger partial charge in [0.25, 0.3) is 11.7 Å². The number of hydrogen-bond donors (Lipinski definition) is 1. The third kappa shape index (κ3) is 3.47. The van der Waals surface area contributed by atoms with Gasteiger partial charge in [-0.2, -0.15) is 0 Å². The summed E-state index contributed by atoms with van der Waals surface area (Å²) in [6.45, 7) is 1.07. The summed E-state index contributed by atoms with van der Waals surface area (Å²) >= 11 is 0. The Bertz CT molecular complexity index is 1190. The van der Waals surface area contributed by atoms with Gasteiger partial charge in [0, 0.05) is 43.4 Å². The number of pyridine rings is 1. The maximum absolute atomic E-state index is 13.0. The molecule has 1 saturated heterocycles. The molecule has 5 rings (SSSR count). The number of Topliss-reactive ketones (excluding diaryl/α,β-unsaturated/α-hetero) is 1. The summed E-state index contributed by atoms with van der Waals surface area (Å²) in [5, 5.41) is 11.1. The topological polar surface area (TPSA) is 107 Å². The number of ether oxygens (including phenoxy) is 2. The molecule has 2 aliphatic rings. The van der Waals surface area contributed by atoms with Crippen LogP contribution in [-0.4, -0.2) is 49.6 Å². The SMILES string of the molecule is O=C1C(=O)N(CCCn2ccnc2)C(c2cccnc2)/C1=C(\O)c1ccc2c(c1)OCO2. The second kappa shape index (κ2) is 8.18. The van der Waals surface area contributed by atoms with Gasteiger partial charge in [0.2, 0.25) is 6.79 Å². The lowest BCUT2D eigenvalue weighted by molar-refractivity contribution is -0.139. The lowest BCUT2D eigenvalue weighted by Gasteiger charge is -2.25. The van der Waals surface area contributed by atoms with Crippen molar-refractivity contribution in [1.82, 2.24) is 19.4 Å². The van der Waals surface area contributed by atoms with Gasteiger partial charge in [-0.25, -0.2) is 4.98 Å². The highest BCUT2D eigenvalue weighted by Crippen LogP contribution is 2.41. The summed E-state index contributed by atoms with van der Waals surface area (Å²) in [4.78, 5) is 35.7. The summed E-state index contributed by atoms with van der Waals surface area (Å²) in [5.41, 5.74) is 1.06. The molecule has 0 radical (unpaired) electrons. The second-order valence-corrected chi connectivity index (χ2v) is 7.50. The number of nitrogens with zero attached hydrogens (tertiary/aromatic N) is 4. The van der Waals surface area contributed by atoms with Crippen LogP contribution in [0.1, 0.15) is 23.6 Å². The van der Waals surface area contributed by atoms with Gasteiger partial charge < -0.3 is 24.0 Å². The summed E-state index contributed by atoms with van der Waals surface area (Å²) in [6, 6.07) is 7.69.